The fourth-order valence-electron chi connectivity index (χ4n) is 3.90. The zero-order valence-corrected chi connectivity index (χ0v) is 12.2. The molecule has 1 heterocycles. The summed E-state index contributed by atoms with van der Waals surface area (Å²) in [5.74, 6) is 0. The summed E-state index contributed by atoms with van der Waals surface area (Å²) in [7, 11) is 0. The van der Waals surface area contributed by atoms with Gasteiger partial charge in [-0.15, -0.1) is 0 Å². The number of aliphatic hydroxyl groups is 1. The summed E-state index contributed by atoms with van der Waals surface area (Å²) in [5.41, 5.74) is 5.40. The highest BCUT2D eigenvalue weighted by molar-refractivity contribution is 5.36. The van der Waals surface area contributed by atoms with Gasteiger partial charge in [-0.1, -0.05) is 48.5 Å². The number of fused-ring (bicyclic) bond motifs is 2. The highest BCUT2D eigenvalue weighted by Crippen LogP contribution is 2.35. The van der Waals surface area contributed by atoms with Crippen molar-refractivity contribution in [2.24, 2.45) is 0 Å². The Bertz CT molecular complexity index is 625. The third-order valence-electron chi connectivity index (χ3n) is 5.09. The fourth-order valence-corrected chi connectivity index (χ4v) is 3.90. The summed E-state index contributed by atoms with van der Waals surface area (Å²) in [6.45, 7) is 2.10. The molecule has 0 bridgehead atoms. The van der Waals surface area contributed by atoms with Crippen LogP contribution in [0.4, 0.5) is 0 Å². The lowest BCUT2D eigenvalue weighted by Gasteiger charge is -2.29. The van der Waals surface area contributed by atoms with Crippen molar-refractivity contribution in [3.8, 4) is 0 Å². The van der Waals surface area contributed by atoms with Gasteiger partial charge in [-0.05, 0) is 41.5 Å². The summed E-state index contributed by atoms with van der Waals surface area (Å²) in [6, 6.07) is 17.4. The van der Waals surface area contributed by atoms with E-state index in [4.69, 9.17) is 0 Å². The highest BCUT2D eigenvalue weighted by Gasteiger charge is 2.35. The van der Waals surface area contributed by atoms with Crippen LogP contribution in [0.1, 0.15) is 28.4 Å². The maximum absolute atomic E-state index is 10.7. The molecule has 0 aromatic heterocycles. The van der Waals surface area contributed by atoms with Crippen molar-refractivity contribution in [1.29, 1.82) is 0 Å². The molecule has 1 N–H and O–H groups in total. The molecule has 2 aliphatic rings. The first kappa shape index (κ1) is 13.1. The van der Waals surface area contributed by atoms with Crippen molar-refractivity contribution in [2.45, 2.75) is 31.4 Å². The van der Waals surface area contributed by atoms with Crippen molar-refractivity contribution < 1.29 is 5.11 Å². The standard InChI is InChI=1S/C19H21NO/c21-19-17-8-4-3-7-16(17)13-18(19)20-11-9-14-5-1-2-6-15(14)10-12-20/h1-8,18-19,21H,9-13H2. The molecule has 0 saturated carbocycles. The number of aliphatic hydroxyl groups excluding tert-OH is 1. The van der Waals surface area contributed by atoms with E-state index in [9.17, 15) is 5.11 Å². The lowest BCUT2D eigenvalue weighted by atomic mass is 10.0. The Morgan fingerprint density at radius 3 is 2.00 bits per heavy atom. The first-order valence-corrected chi connectivity index (χ1v) is 7.89. The van der Waals surface area contributed by atoms with Crippen molar-refractivity contribution >= 4 is 0 Å². The van der Waals surface area contributed by atoms with E-state index in [1.165, 1.54) is 16.7 Å². The summed E-state index contributed by atoms with van der Waals surface area (Å²) < 4.78 is 0. The van der Waals surface area contributed by atoms with Crippen molar-refractivity contribution in [1.82, 2.24) is 4.90 Å². The Balaban J connectivity index is 1.55. The van der Waals surface area contributed by atoms with Crippen molar-refractivity contribution in [3.05, 3.63) is 70.8 Å². The number of benzene rings is 2. The quantitative estimate of drug-likeness (QED) is 0.867. The second-order valence-electron chi connectivity index (χ2n) is 6.22. The van der Waals surface area contributed by atoms with Crippen LogP contribution in [0.3, 0.4) is 0 Å². The minimum atomic E-state index is -0.331. The molecular weight excluding hydrogens is 258 g/mol. The lowest BCUT2D eigenvalue weighted by Crippen LogP contribution is -2.40. The third-order valence-corrected chi connectivity index (χ3v) is 5.09. The van der Waals surface area contributed by atoms with Crippen LogP contribution in [0.25, 0.3) is 0 Å². The highest BCUT2D eigenvalue weighted by atomic mass is 16.3. The van der Waals surface area contributed by atoms with Gasteiger partial charge in [0, 0.05) is 19.1 Å². The molecule has 108 valence electrons. The molecular formula is C19H21NO. The topological polar surface area (TPSA) is 23.5 Å². The van der Waals surface area contributed by atoms with Crippen LogP contribution in [-0.2, 0) is 19.3 Å². The van der Waals surface area contributed by atoms with Crippen LogP contribution in [0.2, 0.25) is 0 Å². The predicted molar refractivity (Wildman–Crippen MR) is 84.3 cm³/mol. The molecule has 1 aliphatic heterocycles. The van der Waals surface area contributed by atoms with Crippen LogP contribution in [0.5, 0.6) is 0 Å². The fraction of sp³-hybridized carbons (Fsp3) is 0.368. The zero-order valence-electron chi connectivity index (χ0n) is 12.2. The molecule has 2 heteroatoms. The second-order valence-corrected chi connectivity index (χ2v) is 6.22. The van der Waals surface area contributed by atoms with Crippen LogP contribution >= 0.6 is 0 Å². The lowest BCUT2D eigenvalue weighted by molar-refractivity contribution is 0.0631. The molecule has 1 aliphatic carbocycles. The normalized spacial score (nSPS) is 25.2. The van der Waals surface area contributed by atoms with Crippen molar-refractivity contribution in [2.75, 3.05) is 13.1 Å². The van der Waals surface area contributed by atoms with E-state index in [0.29, 0.717) is 0 Å². The molecule has 0 saturated heterocycles. The van der Waals surface area contributed by atoms with E-state index in [0.717, 1.165) is 37.9 Å². The van der Waals surface area contributed by atoms with Crippen LogP contribution in [0, 0.1) is 0 Å². The van der Waals surface area contributed by atoms with Gasteiger partial charge < -0.3 is 5.11 Å². The van der Waals surface area contributed by atoms with Gasteiger partial charge in [0.15, 0.2) is 0 Å². The minimum Gasteiger partial charge on any atom is -0.387 e. The summed E-state index contributed by atoms with van der Waals surface area (Å²) >= 11 is 0. The molecule has 0 spiro atoms. The zero-order chi connectivity index (χ0) is 14.2. The van der Waals surface area contributed by atoms with Gasteiger partial charge in [0.25, 0.3) is 0 Å². The molecule has 2 aromatic carbocycles. The number of hydrogen-bond acceptors (Lipinski definition) is 2. The van der Waals surface area contributed by atoms with E-state index in [1.54, 1.807) is 0 Å². The average molecular weight is 279 g/mol. The van der Waals surface area contributed by atoms with E-state index < -0.39 is 0 Å². The minimum absolute atomic E-state index is 0.247. The maximum Gasteiger partial charge on any atom is 0.0951 e. The van der Waals surface area contributed by atoms with E-state index in [2.05, 4.69) is 47.4 Å². The average Bonchev–Trinajstić information content (AvgIpc) is 2.72. The Labute approximate surface area is 126 Å². The molecule has 2 nitrogen and oxygen atoms in total. The summed E-state index contributed by atoms with van der Waals surface area (Å²) in [5, 5.41) is 10.7. The van der Waals surface area contributed by atoms with E-state index in [-0.39, 0.29) is 12.1 Å². The summed E-state index contributed by atoms with van der Waals surface area (Å²) in [6.07, 6.45) is 2.83. The summed E-state index contributed by atoms with van der Waals surface area (Å²) in [4.78, 5) is 2.49. The first-order chi connectivity index (χ1) is 10.3. The molecule has 2 unspecified atom stereocenters. The largest absolute Gasteiger partial charge is 0.387 e. The molecule has 2 atom stereocenters. The van der Waals surface area contributed by atoms with Gasteiger partial charge >= 0.3 is 0 Å². The van der Waals surface area contributed by atoms with Crippen LogP contribution in [0.15, 0.2) is 48.5 Å². The predicted octanol–water partition coefficient (Wildman–Crippen LogP) is 2.75. The van der Waals surface area contributed by atoms with Gasteiger partial charge in [0.1, 0.15) is 0 Å². The van der Waals surface area contributed by atoms with Gasteiger partial charge in [0.05, 0.1) is 6.10 Å². The van der Waals surface area contributed by atoms with Gasteiger partial charge in [0.2, 0.25) is 0 Å². The second kappa shape index (κ2) is 5.28. The van der Waals surface area contributed by atoms with E-state index >= 15 is 0 Å². The Morgan fingerprint density at radius 2 is 1.38 bits per heavy atom. The SMILES string of the molecule is OC1c2ccccc2CC1N1CCc2ccccc2CC1. The van der Waals surface area contributed by atoms with Crippen LogP contribution < -0.4 is 0 Å². The van der Waals surface area contributed by atoms with Crippen LogP contribution in [-0.4, -0.2) is 29.1 Å². The number of nitrogens with zero attached hydrogens (tertiary/aromatic N) is 1. The van der Waals surface area contributed by atoms with E-state index in [1.807, 2.05) is 6.07 Å². The first-order valence-electron chi connectivity index (χ1n) is 7.89. The molecule has 0 radical (unpaired) electrons. The Kier molecular flexibility index (Phi) is 3.28. The molecule has 0 fully saturated rings. The molecule has 0 amide bonds. The van der Waals surface area contributed by atoms with Gasteiger partial charge in [-0.2, -0.15) is 0 Å². The molecule has 4 rings (SSSR count). The Morgan fingerprint density at radius 1 is 0.810 bits per heavy atom. The number of rotatable bonds is 1. The van der Waals surface area contributed by atoms with Crippen molar-refractivity contribution in [3.63, 3.8) is 0 Å². The van der Waals surface area contributed by atoms with Gasteiger partial charge in [-0.25, -0.2) is 0 Å². The Hall–Kier alpha value is -1.64. The third kappa shape index (κ3) is 2.29. The number of hydrogen-bond donors (Lipinski definition) is 1. The monoisotopic (exact) mass is 279 g/mol. The molecule has 2 aromatic rings. The smallest absolute Gasteiger partial charge is 0.0951 e. The maximum atomic E-state index is 10.7. The van der Waals surface area contributed by atoms with Gasteiger partial charge in [-0.3, -0.25) is 4.90 Å². The molecule has 21 heavy (non-hydrogen) atoms.